The van der Waals surface area contributed by atoms with Crippen molar-refractivity contribution in [3.63, 3.8) is 0 Å². The first kappa shape index (κ1) is 10.9. The lowest BCUT2D eigenvalue weighted by Crippen LogP contribution is -2.55. The van der Waals surface area contributed by atoms with Crippen LogP contribution >= 0.6 is 0 Å². The average molecular weight is 221 g/mol. The summed E-state index contributed by atoms with van der Waals surface area (Å²) in [4.78, 5) is 28.0. The lowest BCUT2D eigenvalue weighted by atomic mass is 10.1. The molecule has 0 radical (unpaired) electrons. The Morgan fingerprint density at radius 2 is 2.44 bits per heavy atom. The van der Waals surface area contributed by atoms with E-state index in [2.05, 4.69) is 10.3 Å². The molecule has 2 N–H and O–H groups in total. The van der Waals surface area contributed by atoms with Crippen LogP contribution in [0.15, 0.2) is 18.3 Å². The zero-order valence-electron chi connectivity index (χ0n) is 9.19. The topological polar surface area (TPSA) is 65.2 Å². The average Bonchev–Trinajstić information content (AvgIpc) is 2.78. The monoisotopic (exact) mass is 221 g/mol. The summed E-state index contributed by atoms with van der Waals surface area (Å²) in [5.74, 6) is 0.0112. The minimum Gasteiger partial charge on any atom is -0.359 e. The molecular formula is C11H15N3O2. The third-order valence-corrected chi connectivity index (χ3v) is 2.87. The van der Waals surface area contributed by atoms with Gasteiger partial charge in [-0.25, -0.2) is 0 Å². The smallest absolute Gasteiger partial charge is 0.237 e. The summed E-state index contributed by atoms with van der Waals surface area (Å²) in [6.45, 7) is 3.44. The van der Waals surface area contributed by atoms with Gasteiger partial charge in [0.25, 0.3) is 0 Å². The fourth-order valence-corrected chi connectivity index (χ4v) is 1.82. The van der Waals surface area contributed by atoms with Crippen molar-refractivity contribution in [2.75, 3.05) is 19.6 Å². The zero-order chi connectivity index (χ0) is 11.5. The SMILES string of the molecule is CC1C(=O)NCCN1CC(=O)c1ccc[nH]1. The van der Waals surface area contributed by atoms with Gasteiger partial charge in [0.2, 0.25) is 5.91 Å². The molecule has 0 saturated carbocycles. The van der Waals surface area contributed by atoms with Gasteiger partial charge in [0.15, 0.2) is 5.78 Å². The van der Waals surface area contributed by atoms with E-state index in [1.165, 1.54) is 0 Å². The number of ketones is 1. The molecular weight excluding hydrogens is 206 g/mol. The van der Waals surface area contributed by atoms with Gasteiger partial charge < -0.3 is 10.3 Å². The highest BCUT2D eigenvalue weighted by molar-refractivity contribution is 5.96. The Labute approximate surface area is 93.8 Å². The van der Waals surface area contributed by atoms with Crippen LogP contribution in [0.25, 0.3) is 0 Å². The van der Waals surface area contributed by atoms with Crippen LogP contribution in [0.5, 0.6) is 0 Å². The minimum absolute atomic E-state index is 0.00876. The maximum Gasteiger partial charge on any atom is 0.237 e. The lowest BCUT2D eigenvalue weighted by molar-refractivity contribution is -0.127. The standard InChI is InChI=1S/C11H15N3O2/c1-8-11(16)13-5-6-14(8)7-10(15)9-3-2-4-12-9/h2-4,8,12H,5-7H2,1H3,(H,13,16). The predicted octanol–water partition coefficient (Wildman–Crippen LogP) is 0.0177. The third-order valence-electron chi connectivity index (χ3n) is 2.87. The van der Waals surface area contributed by atoms with Crippen LogP contribution in [-0.2, 0) is 4.79 Å². The van der Waals surface area contributed by atoms with E-state index in [0.29, 0.717) is 12.2 Å². The van der Waals surface area contributed by atoms with Crippen LogP contribution in [0.4, 0.5) is 0 Å². The number of piperazine rings is 1. The van der Waals surface area contributed by atoms with Gasteiger partial charge in [-0.2, -0.15) is 0 Å². The van der Waals surface area contributed by atoms with Crippen LogP contribution in [0, 0.1) is 0 Å². The summed E-state index contributed by atoms with van der Waals surface area (Å²) in [5, 5.41) is 2.77. The number of hydrogen-bond acceptors (Lipinski definition) is 3. The Kier molecular flexibility index (Phi) is 3.05. The number of Topliss-reactive ketones (excluding diaryl/α,β-unsaturated/α-hetero) is 1. The van der Waals surface area contributed by atoms with Gasteiger partial charge in [0.05, 0.1) is 18.3 Å². The van der Waals surface area contributed by atoms with Crippen LogP contribution in [-0.4, -0.2) is 47.3 Å². The molecule has 1 aliphatic heterocycles. The van der Waals surface area contributed by atoms with Crippen molar-refractivity contribution in [1.29, 1.82) is 0 Å². The molecule has 0 aromatic carbocycles. The first-order valence-corrected chi connectivity index (χ1v) is 5.37. The molecule has 1 unspecified atom stereocenters. The molecule has 0 spiro atoms. The largest absolute Gasteiger partial charge is 0.359 e. The van der Waals surface area contributed by atoms with Crippen molar-refractivity contribution in [3.8, 4) is 0 Å². The van der Waals surface area contributed by atoms with Gasteiger partial charge >= 0.3 is 0 Å². The molecule has 0 aliphatic carbocycles. The van der Waals surface area contributed by atoms with E-state index in [1.54, 1.807) is 18.3 Å². The van der Waals surface area contributed by atoms with E-state index >= 15 is 0 Å². The Morgan fingerprint density at radius 3 is 3.12 bits per heavy atom. The molecule has 2 heterocycles. The Bertz CT molecular complexity index is 386. The van der Waals surface area contributed by atoms with Gasteiger partial charge in [-0.1, -0.05) is 0 Å². The number of H-pyrrole nitrogens is 1. The van der Waals surface area contributed by atoms with Crippen molar-refractivity contribution in [2.45, 2.75) is 13.0 Å². The molecule has 2 rings (SSSR count). The summed E-state index contributed by atoms with van der Waals surface area (Å²) < 4.78 is 0. The first-order valence-electron chi connectivity index (χ1n) is 5.37. The summed E-state index contributed by atoms with van der Waals surface area (Å²) in [5.41, 5.74) is 0.596. The number of hydrogen-bond donors (Lipinski definition) is 2. The molecule has 5 nitrogen and oxygen atoms in total. The molecule has 1 saturated heterocycles. The second kappa shape index (κ2) is 4.49. The van der Waals surface area contributed by atoms with Crippen molar-refractivity contribution < 1.29 is 9.59 Å². The van der Waals surface area contributed by atoms with Gasteiger partial charge in [-0.15, -0.1) is 0 Å². The van der Waals surface area contributed by atoms with Crippen molar-refractivity contribution in [2.24, 2.45) is 0 Å². The fraction of sp³-hybridized carbons (Fsp3) is 0.455. The lowest BCUT2D eigenvalue weighted by Gasteiger charge is -2.31. The summed E-state index contributed by atoms with van der Waals surface area (Å²) in [6, 6.07) is 3.31. The second-order valence-electron chi connectivity index (χ2n) is 3.94. The van der Waals surface area contributed by atoms with Crippen molar-refractivity contribution >= 4 is 11.7 Å². The number of aromatic amines is 1. The molecule has 86 valence electrons. The maximum absolute atomic E-state index is 11.8. The van der Waals surface area contributed by atoms with E-state index < -0.39 is 0 Å². The summed E-state index contributed by atoms with van der Waals surface area (Å²) in [6.07, 6.45) is 1.72. The fourth-order valence-electron chi connectivity index (χ4n) is 1.82. The van der Waals surface area contributed by atoms with Gasteiger partial charge in [-0.05, 0) is 19.1 Å². The Morgan fingerprint density at radius 1 is 1.62 bits per heavy atom. The number of carbonyl (C=O) groups excluding carboxylic acids is 2. The summed E-state index contributed by atoms with van der Waals surface area (Å²) in [7, 11) is 0. The maximum atomic E-state index is 11.8. The summed E-state index contributed by atoms with van der Waals surface area (Å²) >= 11 is 0. The second-order valence-corrected chi connectivity index (χ2v) is 3.94. The van der Waals surface area contributed by atoms with Crippen molar-refractivity contribution in [1.82, 2.24) is 15.2 Å². The Hall–Kier alpha value is -1.62. The normalized spacial score (nSPS) is 21.8. The highest BCUT2D eigenvalue weighted by Crippen LogP contribution is 2.06. The first-order chi connectivity index (χ1) is 7.68. The zero-order valence-corrected chi connectivity index (χ0v) is 9.19. The van der Waals surface area contributed by atoms with E-state index in [0.717, 1.165) is 6.54 Å². The quantitative estimate of drug-likeness (QED) is 0.707. The highest BCUT2D eigenvalue weighted by atomic mass is 16.2. The number of nitrogens with zero attached hydrogens (tertiary/aromatic N) is 1. The van der Waals surface area contributed by atoms with E-state index in [9.17, 15) is 9.59 Å². The number of rotatable bonds is 3. The third kappa shape index (κ3) is 2.14. The highest BCUT2D eigenvalue weighted by Gasteiger charge is 2.27. The van der Waals surface area contributed by atoms with E-state index in [4.69, 9.17) is 0 Å². The van der Waals surface area contributed by atoms with Crippen LogP contribution in [0.1, 0.15) is 17.4 Å². The molecule has 16 heavy (non-hydrogen) atoms. The molecule has 1 aliphatic rings. The van der Waals surface area contributed by atoms with Gasteiger partial charge in [-0.3, -0.25) is 14.5 Å². The van der Waals surface area contributed by atoms with Gasteiger partial charge in [0.1, 0.15) is 0 Å². The number of amides is 1. The van der Waals surface area contributed by atoms with E-state index in [-0.39, 0.29) is 24.3 Å². The van der Waals surface area contributed by atoms with Crippen LogP contribution < -0.4 is 5.32 Å². The molecule has 1 atom stereocenters. The molecule has 5 heteroatoms. The predicted molar refractivity (Wildman–Crippen MR) is 59.2 cm³/mol. The Balaban J connectivity index is 1.99. The molecule has 1 fully saturated rings. The number of carbonyl (C=O) groups is 2. The van der Waals surface area contributed by atoms with Gasteiger partial charge in [0, 0.05) is 19.3 Å². The van der Waals surface area contributed by atoms with E-state index in [1.807, 2.05) is 11.8 Å². The molecule has 0 bridgehead atoms. The van der Waals surface area contributed by atoms with Crippen LogP contribution in [0.3, 0.4) is 0 Å². The number of aromatic nitrogens is 1. The number of nitrogens with one attached hydrogen (secondary N) is 2. The minimum atomic E-state index is -0.229. The van der Waals surface area contributed by atoms with Crippen molar-refractivity contribution in [3.05, 3.63) is 24.0 Å². The van der Waals surface area contributed by atoms with Crippen LogP contribution in [0.2, 0.25) is 0 Å². The molecule has 1 amide bonds. The molecule has 1 aromatic heterocycles. The molecule has 1 aromatic rings.